The number of amides is 1. The van der Waals surface area contributed by atoms with Crippen LogP contribution in [0, 0.1) is 0 Å². The number of carbonyl (C=O) groups is 1. The lowest BCUT2D eigenvalue weighted by molar-refractivity contribution is -0.372. The van der Waals surface area contributed by atoms with Crippen molar-refractivity contribution in [2.45, 2.75) is 61.5 Å². The van der Waals surface area contributed by atoms with Crippen LogP contribution in [0.2, 0.25) is 0 Å². The summed E-state index contributed by atoms with van der Waals surface area (Å²) in [7, 11) is -3.48. The van der Waals surface area contributed by atoms with Crippen LogP contribution in [-0.2, 0) is 31.1 Å². The van der Waals surface area contributed by atoms with E-state index >= 15 is 0 Å². The smallest absolute Gasteiger partial charge is 0.394 e. The summed E-state index contributed by atoms with van der Waals surface area (Å²) >= 11 is 0. The Morgan fingerprint density at radius 3 is 2.10 bits per heavy atom. The van der Waals surface area contributed by atoms with Crippen molar-refractivity contribution in [1.29, 1.82) is 0 Å². The zero-order chi connectivity index (χ0) is 36.2. The highest BCUT2D eigenvalue weighted by Gasteiger charge is 2.49. The number of sulfone groups is 1. The van der Waals surface area contributed by atoms with E-state index in [0.717, 1.165) is 12.1 Å². The third-order valence-corrected chi connectivity index (χ3v) is 9.93. The first-order valence-electron chi connectivity index (χ1n) is 14.8. The molecular weight excluding hydrogens is 692 g/mol. The number of hydrogen-bond donors (Lipinski definition) is 2. The fourth-order valence-corrected chi connectivity index (χ4v) is 6.50. The molecule has 0 aromatic heterocycles. The summed E-state index contributed by atoms with van der Waals surface area (Å²) in [6.45, 7) is -3.48. The van der Waals surface area contributed by atoms with Gasteiger partial charge in [-0.3, -0.25) is 9.53 Å². The number of aliphatic hydroxyl groups is 1. The fraction of sp³-hybridized carbons (Fsp3) is 0.406. The normalized spacial score (nSPS) is 19.6. The summed E-state index contributed by atoms with van der Waals surface area (Å²) in [6.07, 6.45) is -10.6. The van der Waals surface area contributed by atoms with Crippen LogP contribution in [0.5, 0.6) is 0 Å². The zero-order valence-electron chi connectivity index (χ0n) is 25.8. The standard InChI is InChI=1S/C32H32F8N2O6S/c1-2-49(45,46)26-13-5-20(6-14-26)27(17-43)41-28(44)21-3-11-24(12-4-21)42-19-30(48-32(38,39)40,16-15-25(42)18-47-29(33)34)22-7-9-23(10-8-22)31(35,36)37/h3-14,25,27,29,43H,2,15-19H2,1H3,(H,41,44)/t25-,27-,30?/m0/s1. The SMILES string of the molecule is CCS(=O)(=O)c1ccc([C@H](CO)NC(=O)c2ccc(N3CC(OC(F)(F)F)(c4ccc(C(F)(F)F)cc4)CC[C@H]3COC(F)F)cc2)cc1. The maximum Gasteiger partial charge on any atom is 0.523 e. The van der Waals surface area contributed by atoms with E-state index in [1.54, 1.807) is 0 Å². The van der Waals surface area contributed by atoms with Crippen molar-refractivity contribution in [1.82, 2.24) is 5.32 Å². The lowest BCUT2D eigenvalue weighted by atomic mass is 9.82. The molecule has 1 fully saturated rings. The monoisotopic (exact) mass is 724 g/mol. The topological polar surface area (TPSA) is 105 Å². The van der Waals surface area contributed by atoms with E-state index in [0.29, 0.717) is 17.7 Å². The molecule has 0 radical (unpaired) electrons. The quantitative estimate of drug-likeness (QED) is 0.203. The number of aliphatic hydroxyl groups excluding tert-OH is 1. The van der Waals surface area contributed by atoms with Crippen LogP contribution in [0.3, 0.4) is 0 Å². The molecule has 1 amide bonds. The molecule has 1 unspecified atom stereocenters. The van der Waals surface area contributed by atoms with Crippen molar-refractivity contribution in [3.05, 3.63) is 95.1 Å². The Kier molecular flexibility index (Phi) is 11.6. The van der Waals surface area contributed by atoms with Gasteiger partial charge in [0.1, 0.15) is 5.60 Å². The first-order valence-corrected chi connectivity index (χ1v) is 16.5. The van der Waals surface area contributed by atoms with E-state index in [4.69, 9.17) is 0 Å². The van der Waals surface area contributed by atoms with E-state index in [1.807, 2.05) is 0 Å². The van der Waals surface area contributed by atoms with Crippen molar-refractivity contribution in [2.75, 3.05) is 30.4 Å². The number of rotatable bonds is 12. The van der Waals surface area contributed by atoms with Gasteiger partial charge in [0.15, 0.2) is 9.84 Å². The Bertz CT molecular complexity index is 1670. The molecule has 3 aromatic rings. The molecule has 4 rings (SSSR count). The van der Waals surface area contributed by atoms with Gasteiger partial charge < -0.3 is 20.1 Å². The molecule has 0 saturated carbocycles. The molecule has 1 aliphatic rings. The molecular formula is C32H32F8N2O6S. The van der Waals surface area contributed by atoms with Gasteiger partial charge in [-0.05, 0) is 72.5 Å². The highest BCUT2D eigenvalue weighted by atomic mass is 32.2. The van der Waals surface area contributed by atoms with Crippen LogP contribution in [0.15, 0.2) is 77.7 Å². The number of ether oxygens (including phenoxy) is 2. The number of halogens is 8. The summed E-state index contributed by atoms with van der Waals surface area (Å²) in [4.78, 5) is 14.4. The molecule has 0 bridgehead atoms. The minimum atomic E-state index is -5.23. The summed E-state index contributed by atoms with van der Waals surface area (Å²) in [6, 6.07) is 12.0. The maximum absolute atomic E-state index is 13.8. The first-order chi connectivity index (χ1) is 22.9. The lowest BCUT2D eigenvalue weighted by Crippen LogP contribution is -2.55. The number of nitrogens with one attached hydrogen (secondary N) is 1. The molecule has 2 N–H and O–H groups in total. The summed E-state index contributed by atoms with van der Waals surface area (Å²) in [5.41, 5.74) is -2.92. The van der Waals surface area contributed by atoms with E-state index in [2.05, 4.69) is 14.8 Å². The molecule has 268 valence electrons. The lowest BCUT2D eigenvalue weighted by Gasteiger charge is -2.48. The average Bonchev–Trinajstić information content (AvgIpc) is 3.05. The number of benzene rings is 3. The number of alkyl halides is 8. The predicted octanol–water partition coefficient (Wildman–Crippen LogP) is 6.60. The Morgan fingerprint density at radius 2 is 1.59 bits per heavy atom. The van der Waals surface area contributed by atoms with Crippen LogP contribution in [0.1, 0.15) is 52.9 Å². The summed E-state index contributed by atoms with van der Waals surface area (Å²) < 4.78 is 140. The number of carbonyl (C=O) groups excluding carboxylic acids is 1. The van der Waals surface area contributed by atoms with Crippen molar-refractivity contribution in [2.24, 2.45) is 0 Å². The van der Waals surface area contributed by atoms with Crippen LogP contribution in [0.4, 0.5) is 40.8 Å². The van der Waals surface area contributed by atoms with Crippen LogP contribution >= 0.6 is 0 Å². The molecule has 1 heterocycles. The minimum Gasteiger partial charge on any atom is -0.394 e. The number of hydrogen-bond acceptors (Lipinski definition) is 7. The summed E-state index contributed by atoms with van der Waals surface area (Å²) in [5, 5.41) is 12.5. The maximum atomic E-state index is 13.8. The molecule has 0 spiro atoms. The van der Waals surface area contributed by atoms with Gasteiger partial charge in [0.05, 0.1) is 48.1 Å². The van der Waals surface area contributed by atoms with Gasteiger partial charge in [-0.1, -0.05) is 31.2 Å². The zero-order valence-corrected chi connectivity index (χ0v) is 26.6. The molecule has 3 aromatic carbocycles. The second-order valence-electron chi connectivity index (χ2n) is 11.3. The van der Waals surface area contributed by atoms with Crippen LogP contribution in [-0.4, -0.2) is 64.0 Å². The number of anilines is 1. The van der Waals surface area contributed by atoms with Gasteiger partial charge in [0.2, 0.25) is 0 Å². The highest BCUT2D eigenvalue weighted by Crippen LogP contribution is 2.44. The van der Waals surface area contributed by atoms with Gasteiger partial charge in [0, 0.05) is 11.3 Å². The van der Waals surface area contributed by atoms with Gasteiger partial charge in [-0.15, -0.1) is 13.2 Å². The van der Waals surface area contributed by atoms with Crippen molar-refractivity contribution in [3.8, 4) is 0 Å². The van der Waals surface area contributed by atoms with Crippen LogP contribution < -0.4 is 10.2 Å². The van der Waals surface area contributed by atoms with Crippen LogP contribution in [0.25, 0.3) is 0 Å². The summed E-state index contributed by atoms with van der Waals surface area (Å²) in [5.74, 6) is -0.794. The second-order valence-corrected chi connectivity index (χ2v) is 13.5. The van der Waals surface area contributed by atoms with Gasteiger partial charge in [-0.2, -0.15) is 22.0 Å². The number of piperidine rings is 1. The molecule has 3 atom stereocenters. The average molecular weight is 725 g/mol. The molecule has 17 heteroatoms. The molecule has 8 nitrogen and oxygen atoms in total. The third kappa shape index (κ3) is 9.46. The predicted molar refractivity (Wildman–Crippen MR) is 160 cm³/mol. The highest BCUT2D eigenvalue weighted by molar-refractivity contribution is 7.91. The fourth-order valence-electron chi connectivity index (χ4n) is 5.61. The van der Waals surface area contributed by atoms with E-state index in [9.17, 15) is 53.4 Å². The van der Waals surface area contributed by atoms with E-state index in [1.165, 1.54) is 60.4 Å². The van der Waals surface area contributed by atoms with Gasteiger partial charge in [-0.25, -0.2) is 8.42 Å². The van der Waals surface area contributed by atoms with E-state index in [-0.39, 0.29) is 33.9 Å². The Hall–Kier alpha value is -3.80. The minimum absolute atomic E-state index is 0.0466. The van der Waals surface area contributed by atoms with Crippen molar-refractivity contribution >= 4 is 21.4 Å². The van der Waals surface area contributed by atoms with Crippen molar-refractivity contribution < 1.29 is 62.9 Å². The first kappa shape index (κ1) is 38.0. The molecule has 1 saturated heterocycles. The second kappa shape index (κ2) is 15.0. The molecule has 49 heavy (non-hydrogen) atoms. The molecule has 0 aliphatic carbocycles. The van der Waals surface area contributed by atoms with Crippen molar-refractivity contribution in [3.63, 3.8) is 0 Å². The Morgan fingerprint density at radius 1 is 0.980 bits per heavy atom. The van der Waals surface area contributed by atoms with Gasteiger partial charge >= 0.3 is 19.2 Å². The number of nitrogens with zero attached hydrogens (tertiary/aromatic N) is 1. The molecule has 1 aliphatic heterocycles. The third-order valence-electron chi connectivity index (χ3n) is 8.18. The van der Waals surface area contributed by atoms with E-state index < -0.39 is 84.3 Å². The largest absolute Gasteiger partial charge is 0.523 e. The Labute approximate surface area is 276 Å². The van der Waals surface area contributed by atoms with Gasteiger partial charge in [0.25, 0.3) is 5.91 Å². The Balaban J connectivity index is 1.61.